The number of rotatable bonds is 3. The van der Waals surface area contributed by atoms with Crippen LogP contribution in [0.25, 0.3) is 0 Å². The average molecular weight is 222 g/mol. The van der Waals surface area contributed by atoms with Crippen LogP contribution in [0.15, 0.2) is 18.9 Å². The molecular weight excluding hydrogens is 212 g/mol. The topological polar surface area (TPSA) is 50.3 Å². The normalized spacial score (nSPS) is 20.7. The number of aldehydes is 1. The number of hydrogen-bond acceptors (Lipinski definition) is 4. The Morgan fingerprint density at radius 2 is 2.47 bits per heavy atom. The van der Waals surface area contributed by atoms with Gasteiger partial charge in [-0.25, -0.2) is 4.98 Å². The molecule has 0 saturated carbocycles. The van der Waals surface area contributed by atoms with Gasteiger partial charge in [-0.1, -0.05) is 17.4 Å². The Labute approximate surface area is 91.2 Å². The standard InChI is InChI=1S/C10H10N2O2S/c1-2-7-3-9(14)12(5-7)10-11-4-8(6-13)15-10/h2,4,6-7H,1,3,5H2. The van der Waals surface area contributed by atoms with Crippen molar-refractivity contribution >= 4 is 28.7 Å². The third-order valence-corrected chi connectivity index (χ3v) is 3.29. The average Bonchev–Trinajstić information content (AvgIpc) is 2.83. The van der Waals surface area contributed by atoms with Crippen molar-refractivity contribution in [1.29, 1.82) is 0 Å². The number of thiazole rings is 1. The number of carbonyl (C=O) groups excluding carboxylic acids is 2. The third-order valence-electron chi connectivity index (χ3n) is 2.35. The molecule has 1 aliphatic rings. The molecule has 1 aliphatic heterocycles. The van der Waals surface area contributed by atoms with Crippen LogP contribution in [0.1, 0.15) is 16.1 Å². The van der Waals surface area contributed by atoms with Crippen LogP contribution >= 0.6 is 11.3 Å². The maximum atomic E-state index is 11.6. The van der Waals surface area contributed by atoms with Crippen molar-refractivity contribution in [2.24, 2.45) is 5.92 Å². The molecule has 0 bridgehead atoms. The van der Waals surface area contributed by atoms with Gasteiger partial charge in [0.2, 0.25) is 5.91 Å². The molecule has 1 atom stereocenters. The molecule has 2 rings (SSSR count). The Morgan fingerprint density at radius 3 is 3.00 bits per heavy atom. The number of anilines is 1. The summed E-state index contributed by atoms with van der Waals surface area (Å²) >= 11 is 1.24. The summed E-state index contributed by atoms with van der Waals surface area (Å²) < 4.78 is 0. The summed E-state index contributed by atoms with van der Waals surface area (Å²) in [5.74, 6) is 0.243. The van der Waals surface area contributed by atoms with Crippen LogP contribution in [-0.4, -0.2) is 23.7 Å². The minimum atomic E-state index is 0.0479. The molecule has 78 valence electrons. The van der Waals surface area contributed by atoms with Gasteiger partial charge in [0.25, 0.3) is 0 Å². The van der Waals surface area contributed by atoms with Gasteiger partial charge in [0.15, 0.2) is 11.4 Å². The van der Waals surface area contributed by atoms with Gasteiger partial charge in [-0.2, -0.15) is 0 Å². The van der Waals surface area contributed by atoms with Gasteiger partial charge >= 0.3 is 0 Å². The fourth-order valence-corrected chi connectivity index (χ4v) is 2.29. The second-order valence-corrected chi connectivity index (χ2v) is 4.41. The number of aromatic nitrogens is 1. The second kappa shape index (κ2) is 3.94. The van der Waals surface area contributed by atoms with E-state index in [1.165, 1.54) is 17.5 Å². The maximum absolute atomic E-state index is 11.6. The van der Waals surface area contributed by atoms with Crippen molar-refractivity contribution in [3.8, 4) is 0 Å². The van der Waals surface area contributed by atoms with Crippen molar-refractivity contribution in [2.75, 3.05) is 11.4 Å². The van der Waals surface area contributed by atoms with Crippen molar-refractivity contribution < 1.29 is 9.59 Å². The van der Waals surface area contributed by atoms with E-state index in [2.05, 4.69) is 11.6 Å². The fraction of sp³-hybridized carbons (Fsp3) is 0.300. The van der Waals surface area contributed by atoms with E-state index < -0.39 is 0 Å². The monoisotopic (exact) mass is 222 g/mol. The van der Waals surface area contributed by atoms with E-state index in [0.29, 0.717) is 23.0 Å². The molecule has 0 spiro atoms. The highest BCUT2D eigenvalue weighted by Gasteiger charge is 2.30. The molecule has 1 fully saturated rings. The highest BCUT2D eigenvalue weighted by molar-refractivity contribution is 7.17. The Hall–Kier alpha value is -1.49. The lowest BCUT2D eigenvalue weighted by atomic mass is 10.1. The van der Waals surface area contributed by atoms with Crippen LogP contribution in [0.5, 0.6) is 0 Å². The van der Waals surface area contributed by atoms with Gasteiger partial charge in [0.05, 0.1) is 11.1 Å². The molecule has 0 N–H and O–H groups in total. The lowest BCUT2D eigenvalue weighted by molar-refractivity contribution is -0.117. The minimum Gasteiger partial charge on any atom is -0.297 e. The molecule has 1 aromatic heterocycles. The maximum Gasteiger partial charge on any atom is 0.229 e. The lowest BCUT2D eigenvalue weighted by Gasteiger charge is -2.11. The van der Waals surface area contributed by atoms with Crippen LogP contribution in [0.4, 0.5) is 5.13 Å². The zero-order chi connectivity index (χ0) is 10.8. The van der Waals surface area contributed by atoms with Crippen molar-refractivity contribution in [3.05, 3.63) is 23.7 Å². The molecule has 15 heavy (non-hydrogen) atoms. The largest absolute Gasteiger partial charge is 0.297 e. The minimum absolute atomic E-state index is 0.0479. The molecular formula is C10H10N2O2S. The molecule has 1 amide bonds. The fourth-order valence-electron chi connectivity index (χ4n) is 1.53. The van der Waals surface area contributed by atoms with Gasteiger partial charge in [-0.05, 0) is 0 Å². The predicted octanol–water partition coefficient (Wildman–Crippen LogP) is 1.49. The van der Waals surface area contributed by atoms with Gasteiger partial charge in [-0.3, -0.25) is 14.5 Å². The Morgan fingerprint density at radius 1 is 1.67 bits per heavy atom. The van der Waals surface area contributed by atoms with E-state index >= 15 is 0 Å². The van der Waals surface area contributed by atoms with E-state index in [4.69, 9.17) is 0 Å². The lowest BCUT2D eigenvalue weighted by Crippen LogP contribution is -2.23. The van der Waals surface area contributed by atoms with E-state index in [0.717, 1.165) is 6.29 Å². The van der Waals surface area contributed by atoms with E-state index in [-0.39, 0.29) is 11.8 Å². The first-order valence-electron chi connectivity index (χ1n) is 4.58. The summed E-state index contributed by atoms with van der Waals surface area (Å²) in [5.41, 5.74) is 0. The quantitative estimate of drug-likeness (QED) is 0.575. The van der Waals surface area contributed by atoms with Crippen LogP contribution in [0.2, 0.25) is 0 Å². The predicted molar refractivity (Wildman–Crippen MR) is 58.2 cm³/mol. The number of amides is 1. The molecule has 4 nitrogen and oxygen atoms in total. The Bertz CT molecular complexity index is 413. The Kier molecular flexibility index (Phi) is 2.64. The van der Waals surface area contributed by atoms with Crippen LogP contribution in [-0.2, 0) is 4.79 Å². The molecule has 0 aliphatic carbocycles. The van der Waals surface area contributed by atoms with E-state index in [1.807, 2.05) is 0 Å². The number of carbonyl (C=O) groups is 2. The summed E-state index contributed by atoms with van der Waals surface area (Å²) in [6.07, 6.45) is 4.50. The smallest absolute Gasteiger partial charge is 0.229 e. The van der Waals surface area contributed by atoms with Gasteiger partial charge in [-0.15, -0.1) is 6.58 Å². The number of hydrogen-bond donors (Lipinski definition) is 0. The van der Waals surface area contributed by atoms with Crippen LogP contribution < -0.4 is 4.90 Å². The van der Waals surface area contributed by atoms with Crippen molar-refractivity contribution in [2.45, 2.75) is 6.42 Å². The van der Waals surface area contributed by atoms with Crippen LogP contribution in [0.3, 0.4) is 0 Å². The first-order valence-corrected chi connectivity index (χ1v) is 5.40. The first-order chi connectivity index (χ1) is 7.24. The molecule has 5 heteroatoms. The SMILES string of the molecule is C=CC1CC(=O)N(c2ncc(C=O)s2)C1. The zero-order valence-corrected chi connectivity index (χ0v) is 8.87. The van der Waals surface area contributed by atoms with Gasteiger partial charge in [0.1, 0.15) is 0 Å². The zero-order valence-electron chi connectivity index (χ0n) is 8.05. The van der Waals surface area contributed by atoms with Gasteiger partial charge < -0.3 is 0 Å². The highest BCUT2D eigenvalue weighted by Crippen LogP contribution is 2.28. The summed E-state index contributed by atoms with van der Waals surface area (Å²) in [6, 6.07) is 0. The van der Waals surface area contributed by atoms with E-state index in [1.54, 1.807) is 11.0 Å². The molecule has 2 heterocycles. The molecule has 1 saturated heterocycles. The summed E-state index contributed by atoms with van der Waals surface area (Å²) in [5, 5.41) is 0.603. The second-order valence-electron chi connectivity index (χ2n) is 3.37. The molecule has 1 unspecified atom stereocenters. The van der Waals surface area contributed by atoms with Crippen LogP contribution in [0, 0.1) is 5.92 Å². The van der Waals surface area contributed by atoms with Crippen molar-refractivity contribution in [3.63, 3.8) is 0 Å². The van der Waals surface area contributed by atoms with Crippen molar-refractivity contribution in [1.82, 2.24) is 4.98 Å². The number of nitrogens with zero attached hydrogens (tertiary/aromatic N) is 2. The van der Waals surface area contributed by atoms with Gasteiger partial charge in [0, 0.05) is 18.9 Å². The molecule has 0 radical (unpaired) electrons. The van der Waals surface area contributed by atoms with E-state index in [9.17, 15) is 9.59 Å². The molecule has 0 aromatic carbocycles. The highest BCUT2D eigenvalue weighted by atomic mass is 32.1. The summed E-state index contributed by atoms with van der Waals surface area (Å²) in [7, 11) is 0. The third kappa shape index (κ3) is 1.83. The first kappa shape index (κ1) is 10.0. The summed E-state index contributed by atoms with van der Waals surface area (Å²) in [6.45, 7) is 4.29. The Balaban J connectivity index is 2.20. The molecule has 1 aromatic rings. The summed E-state index contributed by atoms with van der Waals surface area (Å²) in [4.78, 5) is 28.3.